The van der Waals surface area contributed by atoms with Gasteiger partial charge in [0, 0.05) is 64.0 Å². The van der Waals surface area contributed by atoms with E-state index in [1.165, 1.54) is 6.33 Å². The molecule has 2 aromatic carbocycles. The molecule has 0 aliphatic rings. The van der Waals surface area contributed by atoms with Crippen LogP contribution in [0, 0.1) is 5.82 Å². The molecule has 3 heterocycles. The second-order valence-corrected chi connectivity index (χ2v) is 6.72. The molecule has 0 saturated heterocycles. The number of hydrogen-bond donors (Lipinski definition) is 1. The van der Waals surface area contributed by atoms with E-state index < -0.39 is 0 Å². The predicted octanol–water partition coefficient (Wildman–Crippen LogP) is 5.64. The van der Waals surface area contributed by atoms with Crippen molar-refractivity contribution in [3.63, 3.8) is 0 Å². The summed E-state index contributed by atoms with van der Waals surface area (Å²) in [6.45, 7) is 0. The Morgan fingerprint density at radius 2 is 1.63 bits per heavy atom. The van der Waals surface area contributed by atoms with Crippen LogP contribution in [0.15, 0.2) is 91.8 Å². The zero-order chi connectivity index (χ0) is 20.3. The number of anilines is 2. The van der Waals surface area contributed by atoms with Crippen LogP contribution in [0.25, 0.3) is 33.2 Å². The molecule has 6 heteroatoms. The molecule has 0 bridgehead atoms. The van der Waals surface area contributed by atoms with Gasteiger partial charge in [0.1, 0.15) is 18.0 Å². The Kier molecular flexibility index (Phi) is 4.57. The number of fused-ring (bicyclic) bond motifs is 1. The molecule has 5 aromatic rings. The van der Waals surface area contributed by atoms with Crippen molar-refractivity contribution in [1.82, 2.24) is 19.9 Å². The zero-order valence-electron chi connectivity index (χ0n) is 15.8. The Labute approximate surface area is 172 Å². The van der Waals surface area contributed by atoms with Crippen molar-refractivity contribution in [1.29, 1.82) is 0 Å². The van der Waals surface area contributed by atoms with E-state index in [2.05, 4.69) is 25.3 Å². The van der Waals surface area contributed by atoms with Gasteiger partial charge in [-0.25, -0.2) is 14.4 Å². The van der Waals surface area contributed by atoms with Crippen molar-refractivity contribution in [2.24, 2.45) is 0 Å². The lowest BCUT2D eigenvalue weighted by Gasteiger charge is -2.11. The topological polar surface area (TPSA) is 63.6 Å². The van der Waals surface area contributed by atoms with E-state index in [1.807, 2.05) is 42.6 Å². The highest BCUT2D eigenvalue weighted by atomic mass is 19.1. The highest BCUT2D eigenvalue weighted by Crippen LogP contribution is 2.31. The normalized spacial score (nSPS) is 10.8. The van der Waals surface area contributed by atoms with Crippen LogP contribution in [0.3, 0.4) is 0 Å². The van der Waals surface area contributed by atoms with Crippen molar-refractivity contribution < 1.29 is 4.39 Å². The minimum absolute atomic E-state index is 0.341. The summed E-state index contributed by atoms with van der Waals surface area (Å²) < 4.78 is 15.3. The van der Waals surface area contributed by atoms with Crippen LogP contribution in [0.1, 0.15) is 0 Å². The first-order chi connectivity index (χ1) is 14.8. The van der Waals surface area contributed by atoms with Crippen LogP contribution in [0.4, 0.5) is 15.9 Å². The summed E-state index contributed by atoms with van der Waals surface area (Å²) in [4.78, 5) is 16.8. The predicted molar refractivity (Wildman–Crippen MR) is 116 cm³/mol. The first-order valence-electron chi connectivity index (χ1n) is 9.41. The fourth-order valence-corrected chi connectivity index (χ4v) is 3.42. The summed E-state index contributed by atoms with van der Waals surface area (Å²) in [5.74, 6) is 0.238. The van der Waals surface area contributed by atoms with Crippen LogP contribution < -0.4 is 5.32 Å². The van der Waals surface area contributed by atoms with Gasteiger partial charge >= 0.3 is 0 Å². The van der Waals surface area contributed by atoms with Gasteiger partial charge in [0.05, 0.1) is 5.69 Å². The molecule has 0 aliphatic heterocycles. The minimum Gasteiger partial charge on any atom is -0.340 e. The summed E-state index contributed by atoms with van der Waals surface area (Å²) in [7, 11) is 0. The van der Waals surface area contributed by atoms with Gasteiger partial charge in [0.25, 0.3) is 0 Å². The van der Waals surface area contributed by atoms with Crippen LogP contribution >= 0.6 is 0 Å². The van der Waals surface area contributed by atoms with Crippen molar-refractivity contribution in [2.75, 3.05) is 5.32 Å². The summed E-state index contributed by atoms with van der Waals surface area (Å²) in [5, 5.41) is 5.36. The first kappa shape index (κ1) is 17.9. The lowest BCUT2D eigenvalue weighted by Crippen LogP contribution is -1.98. The monoisotopic (exact) mass is 393 g/mol. The second kappa shape index (κ2) is 7.67. The Morgan fingerprint density at radius 3 is 2.53 bits per heavy atom. The van der Waals surface area contributed by atoms with Crippen molar-refractivity contribution in [2.45, 2.75) is 0 Å². The standard InChI is InChI=1S/C24H16FN5/c25-24-19(17-5-3-10-26-14-17)6-2-7-20(24)22-12-23(29-15-28-22)30-21-8-1-4-16-13-27-11-9-18(16)21/h1-15H,(H,28,29,30). The molecule has 5 rings (SSSR count). The third kappa shape index (κ3) is 3.35. The number of benzene rings is 2. The Bertz CT molecular complexity index is 1330. The zero-order valence-corrected chi connectivity index (χ0v) is 15.8. The van der Waals surface area contributed by atoms with Gasteiger partial charge in [0.2, 0.25) is 0 Å². The third-order valence-corrected chi connectivity index (χ3v) is 4.86. The molecular weight excluding hydrogens is 377 g/mol. The maximum absolute atomic E-state index is 15.3. The lowest BCUT2D eigenvalue weighted by molar-refractivity contribution is 0.634. The van der Waals surface area contributed by atoms with Crippen LogP contribution in [-0.4, -0.2) is 19.9 Å². The number of hydrogen-bond acceptors (Lipinski definition) is 5. The van der Waals surface area contributed by atoms with Crippen molar-refractivity contribution >= 4 is 22.3 Å². The number of nitrogens with one attached hydrogen (secondary N) is 1. The Morgan fingerprint density at radius 1 is 0.767 bits per heavy atom. The Balaban J connectivity index is 1.53. The van der Waals surface area contributed by atoms with Gasteiger partial charge in [-0.15, -0.1) is 0 Å². The third-order valence-electron chi connectivity index (χ3n) is 4.86. The molecule has 0 atom stereocenters. The average molecular weight is 393 g/mol. The van der Waals surface area contributed by atoms with Gasteiger partial charge in [-0.1, -0.05) is 30.3 Å². The van der Waals surface area contributed by atoms with E-state index in [-0.39, 0.29) is 5.82 Å². The Hall–Kier alpha value is -4.19. The van der Waals surface area contributed by atoms with E-state index in [4.69, 9.17) is 0 Å². The van der Waals surface area contributed by atoms with E-state index in [0.29, 0.717) is 28.2 Å². The van der Waals surface area contributed by atoms with E-state index >= 15 is 4.39 Å². The molecular formula is C24H16FN5. The molecule has 144 valence electrons. The smallest absolute Gasteiger partial charge is 0.140 e. The van der Waals surface area contributed by atoms with Crippen LogP contribution in [0.5, 0.6) is 0 Å². The number of rotatable bonds is 4. The molecule has 0 aliphatic carbocycles. The van der Waals surface area contributed by atoms with Gasteiger partial charge in [0.15, 0.2) is 0 Å². The fraction of sp³-hybridized carbons (Fsp3) is 0. The molecule has 0 fully saturated rings. The quantitative estimate of drug-likeness (QED) is 0.428. The minimum atomic E-state index is -0.341. The highest BCUT2D eigenvalue weighted by Gasteiger charge is 2.13. The molecule has 0 radical (unpaired) electrons. The van der Waals surface area contributed by atoms with Crippen molar-refractivity contribution in [3.05, 3.63) is 97.6 Å². The average Bonchev–Trinajstić information content (AvgIpc) is 2.80. The van der Waals surface area contributed by atoms with E-state index in [1.54, 1.807) is 42.9 Å². The summed E-state index contributed by atoms with van der Waals surface area (Å²) in [6, 6.07) is 18.5. The van der Waals surface area contributed by atoms with Gasteiger partial charge in [-0.2, -0.15) is 0 Å². The molecule has 0 saturated carbocycles. The van der Waals surface area contributed by atoms with Gasteiger partial charge in [-0.05, 0) is 24.3 Å². The number of pyridine rings is 2. The molecule has 0 spiro atoms. The molecule has 1 N–H and O–H groups in total. The van der Waals surface area contributed by atoms with Gasteiger partial charge in [-0.3, -0.25) is 9.97 Å². The molecule has 30 heavy (non-hydrogen) atoms. The second-order valence-electron chi connectivity index (χ2n) is 6.72. The molecule has 3 aromatic heterocycles. The fourth-order valence-electron chi connectivity index (χ4n) is 3.42. The molecule has 0 unspecified atom stereocenters. The number of halogens is 1. The first-order valence-corrected chi connectivity index (χ1v) is 9.41. The molecule has 0 amide bonds. The van der Waals surface area contributed by atoms with Crippen molar-refractivity contribution in [3.8, 4) is 22.4 Å². The largest absolute Gasteiger partial charge is 0.340 e. The number of nitrogens with zero attached hydrogens (tertiary/aromatic N) is 4. The van der Waals surface area contributed by atoms with E-state index in [0.717, 1.165) is 16.5 Å². The molecule has 5 nitrogen and oxygen atoms in total. The van der Waals surface area contributed by atoms with E-state index in [9.17, 15) is 0 Å². The highest BCUT2D eigenvalue weighted by molar-refractivity contribution is 5.94. The maximum Gasteiger partial charge on any atom is 0.140 e. The SMILES string of the molecule is Fc1c(-c2cccnc2)cccc1-c1cc(Nc2cccc3cnccc23)ncn1. The summed E-state index contributed by atoms with van der Waals surface area (Å²) in [6.07, 6.45) is 8.30. The summed E-state index contributed by atoms with van der Waals surface area (Å²) in [5.41, 5.74) is 2.99. The van der Waals surface area contributed by atoms with Crippen LogP contribution in [0.2, 0.25) is 0 Å². The number of aromatic nitrogens is 4. The van der Waals surface area contributed by atoms with Gasteiger partial charge < -0.3 is 5.32 Å². The summed E-state index contributed by atoms with van der Waals surface area (Å²) >= 11 is 0. The maximum atomic E-state index is 15.3. The lowest BCUT2D eigenvalue weighted by atomic mass is 10.0. The van der Waals surface area contributed by atoms with Crippen LogP contribution in [-0.2, 0) is 0 Å².